The predicted molar refractivity (Wildman–Crippen MR) is 147 cm³/mol. The number of alkyl halides is 6. The summed E-state index contributed by atoms with van der Waals surface area (Å²) in [5.74, 6) is -0.879. The lowest BCUT2D eigenvalue weighted by Crippen LogP contribution is -2.15. The van der Waals surface area contributed by atoms with Crippen molar-refractivity contribution in [3.63, 3.8) is 0 Å². The summed E-state index contributed by atoms with van der Waals surface area (Å²) < 4.78 is 125. The molecule has 1 aliphatic rings. The first-order valence-corrected chi connectivity index (χ1v) is 14.9. The van der Waals surface area contributed by atoms with Crippen LogP contribution >= 0.6 is 0 Å². The molecule has 5 rings (SSSR count). The summed E-state index contributed by atoms with van der Waals surface area (Å²) >= 11 is 0. The Bertz CT molecular complexity index is 1780. The fraction of sp³-hybridized carbons (Fsp3) is 0.0714. The Kier molecular flexibility index (Phi) is 7.53. The Balaban J connectivity index is 1.81. The highest BCUT2D eigenvalue weighted by Gasteiger charge is 2.32. The van der Waals surface area contributed by atoms with Crippen LogP contribution < -0.4 is 0 Å². The minimum atomic E-state index is -4.64. The lowest BCUT2D eigenvalue weighted by Gasteiger charge is -2.15. The monoisotopic (exact) mass is 620 g/mol. The molecule has 4 aromatic rings. The van der Waals surface area contributed by atoms with Crippen LogP contribution in [0.4, 0.5) is 26.3 Å². The zero-order valence-corrected chi connectivity index (χ0v) is 22.7. The predicted octanol–water partition coefficient (Wildman–Crippen LogP) is 7.82. The van der Waals surface area contributed by atoms with Crippen LogP contribution in [0.5, 0.6) is 0 Å². The van der Waals surface area contributed by atoms with Crippen molar-refractivity contribution >= 4 is 31.5 Å². The molecule has 1 aliphatic heterocycles. The number of hydrogen-bond acceptors (Lipinski definition) is 4. The minimum Gasteiger partial charge on any atom is -0.220 e. The van der Waals surface area contributed by atoms with Gasteiger partial charge in [0.05, 0.1) is 20.9 Å². The van der Waals surface area contributed by atoms with Crippen molar-refractivity contribution < 1.29 is 34.8 Å². The van der Waals surface area contributed by atoms with Gasteiger partial charge in [0.2, 0.25) is 0 Å². The molecule has 0 saturated carbocycles. The summed E-state index contributed by atoms with van der Waals surface area (Å²) in [6.07, 6.45) is -9.27. The topological polar surface area (TPSA) is 83.6 Å². The molecule has 0 N–H and O–H groups in total. The van der Waals surface area contributed by atoms with Crippen molar-refractivity contribution in [3.8, 4) is 0 Å². The van der Waals surface area contributed by atoms with Gasteiger partial charge >= 0.3 is 12.4 Å². The molecule has 1 heterocycles. The van der Waals surface area contributed by atoms with E-state index in [9.17, 15) is 34.8 Å². The standard InChI is InChI=1S/C28H18F6N4O2S2/c29-27(30,31)21-15-11-19(12-16-21)25-35-41(39,23-7-3-1-4-8-23)36-26(20-13-17-22(18-14-20)28(32,33)34)38-42(40,37-25)24-9-5-2-6-10-24/h1-18H/b35-25-,36-26?,37-25?,38-26-/t41-,42+/m0/s1. The average Bonchev–Trinajstić information content (AvgIpc) is 2.96. The van der Waals surface area contributed by atoms with Gasteiger partial charge in [0.15, 0.2) is 31.5 Å². The first kappa shape index (κ1) is 29.2. The van der Waals surface area contributed by atoms with E-state index in [0.29, 0.717) is 0 Å². The summed E-state index contributed by atoms with van der Waals surface area (Å²) in [6.45, 7) is 0. The number of amidine groups is 2. The molecule has 6 nitrogen and oxygen atoms in total. The Morgan fingerprint density at radius 3 is 1.05 bits per heavy atom. The van der Waals surface area contributed by atoms with Crippen LogP contribution in [0.25, 0.3) is 0 Å². The molecule has 4 aromatic carbocycles. The molecule has 0 saturated heterocycles. The third kappa shape index (κ3) is 6.14. The van der Waals surface area contributed by atoms with Crippen LogP contribution in [-0.4, -0.2) is 20.1 Å². The second-order valence-corrected chi connectivity index (χ2v) is 12.4. The smallest absolute Gasteiger partial charge is 0.220 e. The van der Waals surface area contributed by atoms with Gasteiger partial charge < -0.3 is 0 Å². The van der Waals surface area contributed by atoms with Gasteiger partial charge in [-0.1, -0.05) is 60.7 Å². The molecule has 2 atom stereocenters. The second kappa shape index (κ2) is 10.8. The van der Waals surface area contributed by atoms with Crippen LogP contribution in [0, 0.1) is 0 Å². The third-order valence-electron chi connectivity index (χ3n) is 5.88. The summed E-state index contributed by atoms with van der Waals surface area (Å²) in [6, 6.07) is 22.4. The number of benzene rings is 4. The maximum Gasteiger partial charge on any atom is 0.416 e. The Labute approximate surface area is 237 Å². The lowest BCUT2D eigenvalue weighted by molar-refractivity contribution is -0.138. The first-order chi connectivity index (χ1) is 19.8. The molecule has 0 amide bonds. The summed E-state index contributed by atoms with van der Waals surface area (Å²) in [5.41, 5.74) is -2.01. The highest BCUT2D eigenvalue weighted by molar-refractivity contribution is 7.94. The molecule has 0 unspecified atom stereocenters. The lowest BCUT2D eigenvalue weighted by atomic mass is 10.1. The van der Waals surface area contributed by atoms with Crippen LogP contribution in [0.1, 0.15) is 22.3 Å². The summed E-state index contributed by atoms with van der Waals surface area (Å²) in [7, 11) is -7.83. The van der Waals surface area contributed by atoms with E-state index in [1.165, 1.54) is 24.3 Å². The molecule has 0 radical (unpaired) electrons. The van der Waals surface area contributed by atoms with Gasteiger partial charge in [-0.15, -0.1) is 0 Å². The van der Waals surface area contributed by atoms with Crippen molar-refractivity contribution in [2.45, 2.75) is 22.1 Å². The van der Waals surface area contributed by atoms with Crippen molar-refractivity contribution in [1.29, 1.82) is 0 Å². The van der Waals surface area contributed by atoms with Gasteiger partial charge in [-0.3, -0.25) is 0 Å². The summed E-state index contributed by atoms with van der Waals surface area (Å²) in [5, 5.41) is 0. The van der Waals surface area contributed by atoms with Gasteiger partial charge in [0.1, 0.15) is 0 Å². The van der Waals surface area contributed by atoms with E-state index in [2.05, 4.69) is 17.5 Å². The number of halogens is 6. The van der Waals surface area contributed by atoms with Gasteiger partial charge in [-0.25, -0.2) is 8.42 Å². The third-order valence-corrected chi connectivity index (χ3v) is 9.34. The Hall–Kier alpha value is -4.30. The number of hydrogen-bond donors (Lipinski definition) is 0. The van der Waals surface area contributed by atoms with Gasteiger partial charge in [0.25, 0.3) is 0 Å². The van der Waals surface area contributed by atoms with E-state index in [0.717, 1.165) is 48.5 Å². The quantitative estimate of drug-likeness (QED) is 0.218. The fourth-order valence-electron chi connectivity index (χ4n) is 3.78. The normalized spacial score (nSPS) is 23.7. The number of rotatable bonds is 4. The maximum atomic E-state index is 14.4. The number of nitrogens with zero attached hydrogens (tertiary/aromatic N) is 4. The van der Waals surface area contributed by atoms with Crippen molar-refractivity contribution in [3.05, 3.63) is 131 Å². The molecule has 216 valence electrons. The van der Waals surface area contributed by atoms with Crippen LogP contribution in [0.15, 0.2) is 137 Å². The largest absolute Gasteiger partial charge is 0.416 e. The van der Waals surface area contributed by atoms with Crippen molar-refractivity contribution in [2.24, 2.45) is 17.5 Å². The highest BCUT2D eigenvalue weighted by atomic mass is 32.2. The molecule has 0 bridgehead atoms. The molecule has 0 spiro atoms. The molecule has 0 fully saturated rings. The van der Waals surface area contributed by atoms with E-state index in [4.69, 9.17) is 0 Å². The zero-order chi connectivity index (χ0) is 30.2. The molecular weight excluding hydrogens is 602 g/mol. The van der Waals surface area contributed by atoms with Crippen LogP contribution in [0.2, 0.25) is 0 Å². The summed E-state index contributed by atoms with van der Waals surface area (Å²) in [4.78, 5) is 0.106. The fourth-order valence-corrected chi connectivity index (χ4v) is 6.93. The molecule has 0 aliphatic carbocycles. The Morgan fingerprint density at radius 2 is 0.762 bits per heavy atom. The average molecular weight is 621 g/mol. The van der Waals surface area contributed by atoms with E-state index >= 15 is 0 Å². The van der Waals surface area contributed by atoms with E-state index < -0.39 is 55.0 Å². The second-order valence-electron chi connectivity index (χ2n) is 8.78. The van der Waals surface area contributed by atoms with Crippen LogP contribution in [-0.2, 0) is 32.2 Å². The molecule has 14 heteroatoms. The van der Waals surface area contributed by atoms with Crippen molar-refractivity contribution in [2.75, 3.05) is 0 Å². The minimum absolute atomic E-state index is 0.0429. The molecular formula is C28H18F6N4O2S2. The first-order valence-electron chi connectivity index (χ1n) is 12.0. The van der Waals surface area contributed by atoms with Crippen molar-refractivity contribution in [1.82, 2.24) is 0 Å². The zero-order valence-electron chi connectivity index (χ0n) is 21.1. The van der Waals surface area contributed by atoms with E-state index in [-0.39, 0.29) is 20.9 Å². The van der Waals surface area contributed by atoms with Gasteiger partial charge in [-0.2, -0.15) is 43.9 Å². The maximum absolute atomic E-state index is 14.4. The SMILES string of the molecule is O=[S@]1(c2ccccc2)=NC(/c2ccc(C(F)(F)F)cc2)=N\[S@@](=O)(c2ccccc2)=NC(/c2ccc(C(F)(F)F)cc2)=N\1. The van der Waals surface area contributed by atoms with Crippen LogP contribution in [0.3, 0.4) is 0 Å². The van der Waals surface area contributed by atoms with E-state index in [1.807, 2.05) is 0 Å². The van der Waals surface area contributed by atoms with E-state index in [1.54, 1.807) is 36.4 Å². The van der Waals surface area contributed by atoms with Gasteiger partial charge in [0, 0.05) is 11.1 Å². The van der Waals surface area contributed by atoms with Gasteiger partial charge in [-0.05, 0) is 48.5 Å². The Morgan fingerprint density at radius 1 is 0.452 bits per heavy atom. The molecule has 0 aromatic heterocycles. The molecule has 42 heavy (non-hydrogen) atoms. The highest BCUT2D eigenvalue weighted by Crippen LogP contribution is 2.32.